The minimum Gasteiger partial charge on any atom is -0.497 e. The summed E-state index contributed by atoms with van der Waals surface area (Å²) in [5, 5.41) is 12.2. The summed E-state index contributed by atoms with van der Waals surface area (Å²) in [4.78, 5) is 4.43. The second-order valence-electron chi connectivity index (χ2n) is 5.62. The van der Waals surface area contributed by atoms with E-state index in [9.17, 15) is 0 Å². The molecule has 2 aromatic carbocycles. The van der Waals surface area contributed by atoms with E-state index in [0.29, 0.717) is 11.6 Å². The van der Waals surface area contributed by atoms with Gasteiger partial charge in [0.05, 0.1) is 25.2 Å². The minimum absolute atomic E-state index is 0.342. The number of aromatic nitrogens is 3. The summed E-state index contributed by atoms with van der Waals surface area (Å²) in [6.45, 7) is 4.10. The number of methoxy groups -OCH3 is 1. The van der Waals surface area contributed by atoms with Crippen LogP contribution in [-0.2, 0) is 0 Å². The molecule has 0 aliphatic rings. The van der Waals surface area contributed by atoms with E-state index in [0.717, 1.165) is 22.4 Å². The van der Waals surface area contributed by atoms with Crippen LogP contribution in [0.3, 0.4) is 0 Å². The van der Waals surface area contributed by atoms with Crippen molar-refractivity contribution in [2.24, 2.45) is 5.10 Å². The Morgan fingerprint density at radius 1 is 1.08 bits per heavy atom. The molecule has 0 atom stereocenters. The first-order valence-corrected chi connectivity index (χ1v) is 7.86. The molecule has 6 nitrogen and oxygen atoms in total. The number of rotatable bonds is 5. The Kier molecular flexibility index (Phi) is 4.99. The van der Waals surface area contributed by atoms with Crippen LogP contribution in [0.5, 0.6) is 5.75 Å². The van der Waals surface area contributed by atoms with Crippen LogP contribution in [0.4, 0.5) is 5.95 Å². The van der Waals surface area contributed by atoms with Gasteiger partial charge < -0.3 is 4.74 Å². The van der Waals surface area contributed by atoms with Crippen LogP contribution in [0.15, 0.2) is 53.8 Å². The van der Waals surface area contributed by atoms with Crippen molar-refractivity contribution < 1.29 is 4.74 Å². The van der Waals surface area contributed by atoms with E-state index in [1.165, 1.54) is 5.56 Å². The van der Waals surface area contributed by atoms with Crippen molar-refractivity contribution in [2.45, 2.75) is 13.8 Å². The lowest BCUT2D eigenvalue weighted by Gasteiger charge is -2.04. The van der Waals surface area contributed by atoms with Crippen molar-refractivity contribution in [1.29, 1.82) is 0 Å². The van der Waals surface area contributed by atoms with Gasteiger partial charge in [-0.15, -0.1) is 5.10 Å². The molecule has 0 unspecified atom stereocenters. The van der Waals surface area contributed by atoms with Gasteiger partial charge in [-0.1, -0.05) is 23.8 Å². The zero-order chi connectivity index (χ0) is 17.6. The Balaban J connectivity index is 1.75. The van der Waals surface area contributed by atoms with Crippen LogP contribution in [-0.4, -0.2) is 28.5 Å². The number of nitrogens with zero attached hydrogens (tertiary/aromatic N) is 4. The Labute approximate surface area is 146 Å². The maximum atomic E-state index is 5.16. The summed E-state index contributed by atoms with van der Waals surface area (Å²) >= 11 is 0. The number of hydrogen-bond donors (Lipinski definition) is 1. The molecular weight excluding hydrogens is 314 g/mol. The highest BCUT2D eigenvalue weighted by Gasteiger charge is 2.03. The molecule has 0 radical (unpaired) electrons. The third-order valence-electron chi connectivity index (χ3n) is 3.75. The third kappa shape index (κ3) is 4.17. The molecule has 3 rings (SSSR count). The number of nitrogens with one attached hydrogen (secondary N) is 1. The number of hydrazone groups is 1. The largest absolute Gasteiger partial charge is 0.497 e. The number of hydrogen-bond acceptors (Lipinski definition) is 6. The quantitative estimate of drug-likeness (QED) is 0.570. The van der Waals surface area contributed by atoms with E-state index < -0.39 is 0 Å². The van der Waals surface area contributed by atoms with Crippen LogP contribution in [0, 0.1) is 13.8 Å². The van der Waals surface area contributed by atoms with Gasteiger partial charge in [0.1, 0.15) is 5.75 Å². The van der Waals surface area contributed by atoms with Gasteiger partial charge >= 0.3 is 0 Å². The van der Waals surface area contributed by atoms with E-state index in [2.05, 4.69) is 50.8 Å². The zero-order valence-corrected chi connectivity index (χ0v) is 14.4. The fourth-order valence-electron chi connectivity index (χ4n) is 2.31. The lowest BCUT2D eigenvalue weighted by atomic mass is 10.1. The molecule has 0 amide bonds. The highest BCUT2D eigenvalue weighted by Crippen LogP contribution is 2.20. The van der Waals surface area contributed by atoms with Crippen LogP contribution in [0.1, 0.15) is 16.7 Å². The maximum absolute atomic E-state index is 5.16. The predicted octanol–water partition coefficient (Wildman–Crippen LogP) is 3.61. The summed E-state index contributed by atoms with van der Waals surface area (Å²) in [5.74, 6) is 1.14. The Morgan fingerprint density at radius 3 is 2.64 bits per heavy atom. The van der Waals surface area contributed by atoms with Crippen molar-refractivity contribution in [1.82, 2.24) is 15.2 Å². The van der Waals surface area contributed by atoms with Crippen LogP contribution >= 0.6 is 0 Å². The first-order valence-electron chi connectivity index (χ1n) is 7.86. The van der Waals surface area contributed by atoms with Crippen LogP contribution < -0.4 is 10.2 Å². The topological polar surface area (TPSA) is 72.3 Å². The van der Waals surface area contributed by atoms with Gasteiger partial charge in [0.15, 0.2) is 0 Å². The molecule has 25 heavy (non-hydrogen) atoms. The lowest BCUT2D eigenvalue weighted by molar-refractivity contribution is 0.415. The van der Waals surface area contributed by atoms with Gasteiger partial charge in [-0.25, -0.2) is 10.4 Å². The van der Waals surface area contributed by atoms with Crippen molar-refractivity contribution in [3.05, 3.63) is 65.4 Å². The molecule has 0 bridgehead atoms. The Morgan fingerprint density at radius 2 is 1.88 bits per heavy atom. The zero-order valence-electron chi connectivity index (χ0n) is 14.4. The fraction of sp³-hybridized carbons (Fsp3) is 0.158. The summed E-state index contributed by atoms with van der Waals surface area (Å²) in [6, 6.07) is 13.8. The van der Waals surface area contributed by atoms with Gasteiger partial charge in [0.2, 0.25) is 0 Å². The highest BCUT2D eigenvalue weighted by molar-refractivity contribution is 5.82. The van der Waals surface area contributed by atoms with Gasteiger partial charge in [-0.2, -0.15) is 10.2 Å². The van der Waals surface area contributed by atoms with Crippen molar-refractivity contribution in [3.63, 3.8) is 0 Å². The van der Waals surface area contributed by atoms with E-state index in [1.807, 2.05) is 31.2 Å². The number of aryl methyl sites for hydroxylation is 2. The summed E-state index contributed by atoms with van der Waals surface area (Å²) in [5.41, 5.74) is 7.86. The van der Waals surface area contributed by atoms with E-state index in [1.54, 1.807) is 19.5 Å². The number of benzene rings is 2. The predicted molar refractivity (Wildman–Crippen MR) is 98.9 cm³/mol. The van der Waals surface area contributed by atoms with Gasteiger partial charge in [0.25, 0.3) is 5.95 Å². The molecule has 0 aliphatic heterocycles. The normalized spacial score (nSPS) is 10.8. The molecule has 0 fully saturated rings. The van der Waals surface area contributed by atoms with Gasteiger partial charge in [0, 0.05) is 5.56 Å². The molecule has 0 aliphatic carbocycles. The maximum Gasteiger partial charge on any atom is 0.263 e. The van der Waals surface area contributed by atoms with Crippen LogP contribution in [0.2, 0.25) is 0 Å². The molecule has 1 aromatic heterocycles. The number of anilines is 1. The molecule has 0 spiro atoms. The van der Waals surface area contributed by atoms with E-state index >= 15 is 0 Å². The summed E-state index contributed by atoms with van der Waals surface area (Å²) in [7, 11) is 1.64. The van der Waals surface area contributed by atoms with E-state index in [-0.39, 0.29) is 0 Å². The first kappa shape index (κ1) is 16.6. The lowest BCUT2D eigenvalue weighted by Crippen LogP contribution is -2.00. The fourth-order valence-corrected chi connectivity index (χ4v) is 2.31. The second kappa shape index (κ2) is 7.53. The summed E-state index contributed by atoms with van der Waals surface area (Å²) in [6.07, 6.45) is 3.37. The molecule has 3 aromatic rings. The van der Waals surface area contributed by atoms with Crippen LogP contribution in [0.25, 0.3) is 11.3 Å². The molecule has 0 saturated carbocycles. The van der Waals surface area contributed by atoms with E-state index in [4.69, 9.17) is 4.74 Å². The standard InChI is InChI=1S/C19H19N5O/c1-13-4-5-14(2)16(10-13)11-20-23-19-22-18(12-21-24-19)15-6-8-17(25-3)9-7-15/h4-12H,1-3H3,(H,22,23,24)/b20-11-. The molecular formula is C19H19N5O. The molecule has 1 heterocycles. The minimum atomic E-state index is 0.342. The highest BCUT2D eigenvalue weighted by atomic mass is 16.5. The van der Waals surface area contributed by atoms with Crippen molar-refractivity contribution in [3.8, 4) is 17.0 Å². The third-order valence-corrected chi connectivity index (χ3v) is 3.75. The van der Waals surface area contributed by atoms with Crippen molar-refractivity contribution >= 4 is 12.2 Å². The first-order chi connectivity index (χ1) is 12.2. The Bertz CT molecular complexity index is 891. The second-order valence-corrected chi connectivity index (χ2v) is 5.62. The monoisotopic (exact) mass is 333 g/mol. The smallest absolute Gasteiger partial charge is 0.263 e. The Hall–Kier alpha value is -3.28. The van der Waals surface area contributed by atoms with Gasteiger partial charge in [-0.05, 0) is 49.2 Å². The summed E-state index contributed by atoms with van der Waals surface area (Å²) < 4.78 is 5.16. The molecule has 0 saturated heterocycles. The van der Waals surface area contributed by atoms with Crippen molar-refractivity contribution in [2.75, 3.05) is 12.5 Å². The number of ether oxygens (including phenoxy) is 1. The molecule has 1 N–H and O–H groups in total. The SMILES string of the molecule is COc1ccc(-c2cnnc(N/N=C\c3cc(C)ccc3C)n2)cc1. The average Bonchev–Trinajstić information content (AvgIpc) is 2.65. The molecule has 6 heteroatoms. The average molecular weight is 333 g/mol. The molecule has 126 valence electrons. The van der Waals surface area contributed by atoms with Gasteiger partial charge in [-0.3, -0.25) is 0 Å².